The minimum atomic E-state index is 0.594. The van der Waals surface area contributed by atoms with Crippen molar-refractivity contribution >= 4 is 11.0 Å². The molecule has 1 aliphatic rings. The van der Waals surface area contributed by atoms with Crippen molar-refractivity contribution in [1.29, 1.82) is 0 Å². The van der Waals surface area contributed by atoms with Crippen LogP contribution < -0.4 is 5.32 Å². The van der Waals surface area contributed by atoms with Crippen molar-refractivity contribution < 1.29 is 4.52 Å². The van der Waals surface area contributed by atoms with Crippen molar-refractivity contribution in [2.45, 2.75) is 25.7 Å². The third kappa shape index (κ3) is 3.41. The molecule has 1 atom stereocenters. The Morgan fingerprint density at radius 2 is 2.04 bits per heavy atom. The summed E-state index contributed by atoms with van der Waals surface area (Å²) in [6.45, 7) is 2.18. The molecule has 0 saturated carbocycles. The van der Waals surface area contributed by atoms with Crippen LogP contribution in [-0.4, -0.2) is 37.8 Å². The fourth-order valence-corrected chi connectivity index (χ4v) is 3.80. The monoisotopic (exact) mass is 374 g/mol. The number of nitrogens with zero attached hydrogens (tertiary/aromatic N) is 5. The standard InChI is InChI=1S/C21H22N6O/c1-2-6-18-17(5-1)24-14-27(18)19-8-7-16(13-23-19)21-25-20(28-26-21)12-15-4-3-10-22-11-9-15/h1-2,5-8,13-15,22H,3-4,9-12H2. The molecule has 0 spiro atoms. The van der Waals surface area contributed by atoms with Gasteiger partial charge in [0.25, 0.3) is 0 Å². The molecule has 0 bridgehead atoms. The van der Waals surface area contributed by atoms with Gasteiger partial charge in [0.1, 0.15) is 12.1 Å². The van der Waals surface area contributed by atoms with E-state index in [1.807, 2.05) is 41.0 Å². The van der Waals surface area contributed by atoms with Gasteiger partial charge in [-0.15, -0.1) is 0 Å². The number of hydrogen-bond donors (Lipinski definition) is 1. The average molecular weight is 374 g/mol. The molecule has 4 aromatic rings. The summed E-state index contributed by atoms with van der Waals surface area (Å²) in [5, 5.41) is 7.60. The molecule has 1 aliphatic heterocycles. The molecular formula is C21H22N6O. The molecular weight excluding hydrogens is 352 g/mol. The molecule has 142 valence electrons. The largest absolute Gasteiger partial charge is 0.339 e. The molecule has 1 saturated heterocycles. The van der Waals surface area contributed by atoms with Gasteiger partial charge in [0.15, 0.2) is 0 Å². The van der Waals surface area contributed by atoms with Crippen LogP contribution in [0.1, 0.15) is 25.2 Å². The maximum Gasteiger partial charge on any atom is 0.227 e. The van der Waals surface area contributed by atoms with E-state index < -0.39 is 0 Å². The second-order valence-electron chi connectivity index (χ2n) is 7.27. The Labute approximate surface area is 162 Å². The second-order valence-corrected chi connectivity index (χ2v) is 7.27. The number of imidazole rings is 1. The van der Waals surface area contributed by atoms with Gasteiger partial charge < -0.3 is 9.84 Å². The van der Waals surface area contributed by atoms with Gasteiger partial charge in [0.2, 0.25) is 11.7 Å². The SMILES string of the molecule is c1ccc2c(c1)ncn2-c1ccc(-c2noc(CC3CCCNCC3)n2)cn1. The number of rotatable bonds is 4. The highest BCUT2D eigenvalue weighted by molar-refractivity contribution is 5.76. The topological polar surface area (TPSA) is 81.7 Å². The van der Waals surface area contributed by atoms with Gasteiger partial charge >= 0.3 is 0 Å². The Morgan fingerprint density at radius 3 is 2.96 bits per heavy atom. The zero-order chi connectivity index (χ0) is 18.8. The lowest BCUT2D eigenvalue weighted by molar-refractivity contribution is 0.341. The maximum atomic E-state index is 5.50. The number of benzene rings is 1. The van der Waals surface area contributed by atoms with E-state index in [1.54, 1.807) is 12.5 Å². The first-order chi connectivity index (χ1) is 13.9. The zero-order valence-electron chi connectivity index (χ0n) is 15.6. The van der Waals surface area contributed by atoms with E-state index >= 15 is 0 Å². The number of aromatic nitrogens is 5. The van der Waals surface area contributed by atoms with Crippen molar-refractivity contribution in [1.82, 2.24) is 30.0 Å². The summed E-state index contributed by atoms with van der Waals surface area (Å²) < 4.78 is 7.47. The Hall–Kier alpha value is -3.06. The van der Waals surface area contributed by atoms with E-state index in [2.05, 4.69) is 25.4 Å². The lowest BCUT2D eigenvalue weighted by Crippen LogP contribution is -2.14. The molecule has 1 unspecified atom stereocenters. The molecule has 1 fully saturated rings. The smallest absolute Gasteiger partial charge is 0.227 e. The van der Waals surface area contributed by atoms with Crippen molar-refractivity contribution in [2.24, 2.45) is 5.92 Å². The number of hydrogen-bond acceptors (Lipinski definition) is 6. The van der Waals surface area contributed by atoms with Crippen LogP contribution in [0.4, 0.5) is 0 Å². The van der Waals surface area contributed by atoms with Crippen LogP contribution in [0.25, 0.3) is 28.2 Å². The van der Waals surface area contributed by atoms with E-state index in [9.17, 15) is 0 Å². The summed E-state index contributed by atoms with van der Waals surface area (Å²) >= 11 is 0. The molecule has 3 aromatic heterocycles. The van der Waals surface area contributed by atoms with Crippen LogP contribution in [0.2, 0.25) is 0 Å². The predicted molar refractivity (Wildman–Crippen MR) is 106 cm³/mol. The lowest BCUT2D eigenvalue weighted by Gasteiger charge is -2.09. The Bertz CT molecular complexity index is 1060. The summed E-state index contributed by atoms with van der Waals surface area (Å²) in [5.41, 5.74) is 2.83. The molecule has 5 rings (SSSR count). The zero-order valence-corrected chi connectivity index (χ0v) is 15.6. The number of para-hydroxylation sites is 2. The Morgan fingerprint density at radius 1 is 1.07 bits per heavy atom. The minimum absolute atomic E-state index is 0.594. The van der Waals surface area contributed by atoms with Crippen LogP contribution in [0.15, 0.2) is 53.4 Å². The molecule has 28 heavy (non-hydrogen) atoms. The van der Waals surface area contributed by atoms with Crippen LogP contribution in [0.3, 0.4) is 0 Å². The fraction of sp³-hybridized carbons (Fsp3) is 0.333. The maximum absolute atomic E-state index is 5.50. The van der Waals surface area contributed by atoms with Crippen molar-refractivity contribution in [3.05, 3.63) is 54.8 Å². The van der Waals surface area contributed by atoms with Gasteiger partial charge in [-0.3, -0.25) is 4.57 Å². The molecule has 1 aromatic carbocycles. The van der Waals surface area contributed by atoms with Gasteiger partial charge in [0.05, 0.1) is 11.0 Å². The van der Waals surface area contributed by atoms with Gasteiger partial charge in [-0.05, 0) is 62.5 Å². The van der Waals surface area contributed by atoms with Crippen LogP contribution in [0, 0.1) is 5.92 Å². The third-order valence-electron chi connectivity index (χ3n) is 5.33. The van der Waals surface area contributed by atoms with Crippen molar-refractivity contribution in [3.8, 4) is 17.2 Å². The lowest BCUT2D eigenvalue weighted by atomic mass is 9.97. The molecule has 1 N–H and O–H groups in total. The Kier molecular flexibility index (Phi) is 4.58. The molecule has 0 radical (unpaired) electrons. The summed E-state index contributed by atoms with van der Waals surface area (Å²) in [4.78, 5) is 13.6. The first-order valence-electron chi connectivity index (χ1n) is 9.79. The highest BCUT2D eigenvalue weighted by Gasteiger charge is 2.17. The van der Waals surface area contributed by atoms with Gasteiger partial charge in [-0.2, -0.15) is 4.98 Å². The first-order valence-corrected chi connectivity index (χ1v) is 9.79. The van der Waals surface area contributed by atoms with Gasteiger partial charge in [-0.25, -0.2) is 9.97 Å². The van der Waals surface area contributed by atoms with E-state index in [0.29, 0.717) is 17.6 Å². The highest BCUT2D eigenvalue weighted by atomic mass is 16.5. The number of nitrogens with one attached hydrogen (secondary N) is 1. The average Bonchev–Trinajstić information content (AvgIpc) is 3.29. The fourth-order valence-electron chi connectivity index (χ4n) is 3.80. The minimum Gasteiger partial charge on any atom is -0.339 e. The van der Waals surface area contributed by atoms with Crippen LogP contribution in [0.5, 0.6) is 0 Å². The number of pyridine rings is 1. The van der Waals surface area contributed by atoms with Gasteiger partial charge in [0, 0.05) is 18.2 Å². The van der Waals surface area contributed by atoms with Crippen molar-refractivity contribution in [3.63, 3.8) is 0 Å². The van der Waals surface area contributed by atoms with Crippen LogP contribution in [-0.2, 0) is 6.42 Å². The normalized spacial score (nSPS) is 17.6. The van der Waals surface area contributed by atoms with E-state index in [0.717, 1.165) is 48.3 Å². The van der Waals surface area contributed by atoms with E-state index in [4.69, 9.17) is 4.52 Å². The number of fused-ring (bicyclic) bond motifs is 1. The summed E-state index contributed by atoms with van der Waals surface area (Å²) in [5.74, 6) is 2.73. The summed E-state index contributed by atoms with van der Waals surface area (Å²) in [6, 6.07) is 11.9. The van der Waals surface area contributed by atoms with Crippen molar-refractivity contribution in [2.75, 3.05) is 13.1 Å². The first kappa shape index (κ1) is 17.1. The second kappa shape index (κ2) is 7.52. The molecule has 7 heteroatoms. The quantitative estimate of drug-likeness (QED) is 0.590. The predicted octanol–water partition coefficient (Wildman–Crippen LogP) is 3.40. The highest BCUT2D eigenvalue weighted by Crippen LogP contribution is 2.22. The molecule has 0 aliphatic carbocycles. The van der Waals surface area contributed by atoms with Crippen LogP contribution >= 0.6 is 0 Å². The van der Waals surface area contributed by atoms with E-state index in [-0.39, 0.29) is 0 Å². The molecule has 4 heterocycles. The van der Waals surface area contributed by atoms with Gasteiger partial charge in [-0.1, -0.05) is 17.3 Å². The third-order valence-corrected chi connectivity index (χ3v) is 5.33. The molecule has 7 nitrogen and oxygen atoms in total. The van der Waals surface area contributed by atoms with E-state index in [1.165, 1.54) is 12.8 Å². The summed E-state index contributed by atoms with van der Waals surface area (Å²) in [7, 11) is 0. The Balaban J connectivity index is 1.34. The molecule has 0 amide bonds. The summed E-state index contributed by atoms with van der Waals surface area (Å²) in [6.07, 6.45) is 8.00.